The third kappa shape index (κ3) is 2.92. The molecule has 1 unspecified atom stereocenters. The van der Waals surface area contributed by atoms with Crippen molar-refractivity contribution in [1.82, 2.24) is 10.2 Å². The van der Waals surface area contributed by atoms with Gasteiger partial charge in [0.05, 0.1) is 0 Å². The van der Waals surface area contributed by atoms with Gasteiger partial charge in [0.15, 0.2) is 0 Å². The fraction of sp³-hybridized carbons (Fsp3) is 0.571. The highest BCUT2D eigenvalue weighted by atomic mass is 79.9. The van der Waals surface area contributed by atoms with E-state index in [0.29, 0.717) is 6.04 Å². The molecule has 1 N–H and O–H groups in total. The Hall–Kier alpha value is -0.450. The molecule has 0 bridgehead atoms. The van der Waals surface area contributed by atoms with Crippen LogP contribution in [0.1, 0.15) is 18.4 Å². The minimum Gasteiger partial charge on any atom is -0.314 e. The Morgan fingerprint density at radius 1 is 1.33 bits per heavy atom. The lowest BCUT2D eigenvalue weighted by atomic mass is 10.1. The van der Waals surface area contributed by atoms with Gasteiger partial charge in [-0.2, -0.15) is 0 Å². The van der Waals surface area contributed by atoms with E-state index in [9.17, 15) is 4.39 Å². The van der Waals surface area contributed by atoms with Crippen LogP contribution in [0.3, 0.4) is 0 Å². The van der Waals surface area contributed by atoms with Crippen LogP contribution in [0.2, 0.25) is 0 Å². The number of rotatable bonds is 3. The molecule has 0 spiro atoms. The van der Waals surface area contributed by atoms with Crippen molar-refractivity contribution in [2.75, 3.05) is 19.6 Å². The van der Waals surface area contributed by atoms with Crippen LogP contribution in [0.4, 0.5) is 4.39 Å². The van der Waals surface area contributed by atoms with Crippen LogP contribution in [-0.4, -0.2) is 30.6 Å². The summed E-state index contributed by atoms with van der Waals surface area (Å²) in [6.45, 7) is 4.05. The van der Waals surface area contributed by atoms with Gasteiger partial charge in [0.2, 0.25) is 0 Å². The van der Waals surface area contributed by atoms with Crippen LogP contribution in [0.5, 0.6) is 0 Å². The SMILES string of the molecule is Fc1cc(Br)cc(CN2CCNCC2C2CC2)c1. The van der Waals surface area contributed by atoms with Crippen molar-refractivity contribution >= 4 is 15.9 Å². The third-order valence-electron chi connectivity index (χ3n) is 3.87. The van der Waals surface area contributed by atoms with Crippen LogP contribution in [-0.2, 0) is 6.54 Å². The first-order chi connectivity index (χ1) is 8.72. The maximum atomic E-state index is 13.4. The topological polar surface area (TPSA) is 15.3 Å². The molecule has 2 nitrogen and oxygen atoms in total. The Balaban J connectivity index is 1.73. The first-order valence-electron chi connectivity index (χ1n) is 6.62. The first-order valence-corrected chi connectivity index (χ1v) is 7.41. The molecule has 1 aliphatic carbocycles. The number of piperazine rings is 1. The molecule has 1 aromatic rings. The fourth-order valence-corrected chi connectivity index (χ4v) is 3.36. The Labute approximate surface area is 116 Å². The summed E-state index contributed by atoms with van der Waals surface area (Å²) in [5, 5.41) is 3.47. The minimum atomic E-state index is -0.155. The predicted octanol–water partition coefficient (Wildman–Crippen LogP) is 2.77. The Bertz CT molecular complexity index is 414. The van der Waals surface area contributed by atoms with Crippen LogP contribution in [0, 0.1) is 11.7 Å². The van der Waals surface area contributed by atoms with E-state index in [2.05, 4.69) is 26.1 Å². The van der Waals surface area contributed by atoms with Crippen molar-refractivity contribution in [2.24, 2.45) is 5.92 Å². The average Bonchev–Trinajstić information content (AvgIpc) is 3.12. The predicted molar refractivity (Wildman–Crippen MR) is 73.9 cm³/mol. The summed E-state index contributed by atoms with van der Waals surface area (Å²) >= 11 is 3.36. The van der Waals surface area contributed by atoms with Gasteiger partial charge in [0.1, 0.15) is 5.82 Å². The van der Waals surface area contributed by atoms with E-state index in [0.717, 1.165) is 42.1 Å². The smallest absolute Gasteiger partial charge is 0.124 e. The molecule has 1 heterocycles. The first kappa shape index (κ1) is 12.6. The maximum absolute atomic E-state index is 13.4. The van der Waals surface area contributed by atoms with Crippen molar-refractivity contribution in [3.63, 3.8) is 0 Å². The molecule has 0 amide bonds. The monoisotopic (exact) mass is 312 g/mol. The van der Waals surface area contributed by atoms with E-state index < -0.39 is 0 Å². The summed E-state index contributed by atoms with van der Waals surface area (Å²) in [6.07, 6.45) is 2.71. The molecule has 98 valence electrons. The molecule has 3 rings (SSSR count). The lowest BCUT2D eigenvalue weighted by Gasteiger charge is -2.36. The second-order valence-electron chi connectivity index (χ2n) is 5.36. The number of hydrogen-bond acceptors (Lipinski definition) is 2. The van der Waals surface area contributed by atoms with Crippen molar-refractivity contribution in [2.45, 2.75) is 25.4 Å². The molecule has 0 radical (unpaired) electrons. The van der Waals surface area contributed by atoms with Gasteiger partial charge in [-0.05, 0) is 42.5 Å². The highest BCUT2D eigenvalue weighted by Gasteiger charge is 2.36. The molecule has 18 heavy (non-hydrogen) atoms. The Kier molecular flexibility index (Phi) is 3.68. The summed E-state index contributed by atoms with van der Waals surface area (Å²) in [5.74, 6) is 0.701. The zero-order valence-electron chi connectivity index (χ0n) is 10.3. The summed E-state index contributed by atoms with van der Waals surface area (Å²) in [7, 11) is 0. The van der Waals surface area contributed by atoms with Gasteiger partial charge < -0.3 is 5.32 Å². The number of benzene rings is 1. The molecule has 4 heteroatoms. The maximum Gasteiger partial charge on any atom is 0.124 e. The van der Waals surface area contributed by atoms with Crippen LogP contribution in [0.25, 0.3) is 0 Å². The average molecular weight is 313 g/mol. The van der Waals surface area contributed by atoms with E-state index in [1.54, 1.807) is 6.07 Å². The molecule has 2 fully saturated rings. The summed E-state index contributed by atoms with van der Waals surface area (Å²) in [6, 6.07) is 5.83. The molecule has 1 saturated carbocycles. The van der Waals surface area contributed by atoms with Crippen molar-refractivity contribution in [3.05, 3.63) is 34.1 Å². The number of halogens is 2. The normalized spacial score (nSPS) is 25.3. The van der Waals surface area contributed by atoms with E-state index in [-0.39, 0.29) is 5.82 Å². The van der Waals surface area contributed by atoms with Gasteiger partial charge >= 0.3 is 0 Å². The number of nitrogens with one attached hydrogen (secondary N) is 1. The molecule has 1 atom stereocenters. The lowest BCUT2D eigenvalue weighted by Crippen LogP contribution is -2.51. The van der Waals surface area contributed by atoms with Gasteiger partial charge in [-0.3, -0.25) is 4.90 Å². The highest BCUT2D eigenvalue weighted by Crippen LogP contribution is 2.36. The lowest BCUT2D eigenvalue weighted by molar-refractivity contribution is 0.135. The quantitative estimate of drug-likeness (QED) is 0.923. The third-order valence-corrected chi connectivity index (χ3v) is 4.33. The Morgan fingerprint density at radius 3 is 2.89 bits per heavy atom. The number of hydrogen-bond donors (Lipinski definition) is 1. The van der Waals surface area contributed by atoms with Crippen LogP contribution < -0.4 is 5.32 Å². The molecular formula is C14H18BrFN2. The van der Waals surface area contributed by atoms with Gasteiger partial charge in [-0.1, -0.05) is 15.9 Å². The molecular weight excluding hydrogens is 295 g/mol. The van der Waals surface area contributed by atoms with Crippen LogP contribution in [0.15, 0.2) is 22.7 Å². The van der Waals surface area contributed by atoms with E-state index in [1.165, 1.54) is 18.9 Å². The van der Waals surface area contributed by atoms with Gasteiger partial charge in [0, 0.05) is 36.7 Å². The summed E-state index contributed by atoms with van der Waals surface area (Å²) in [4.78, 5) is 2.51. The second kappa shape index (κ2) is 5.27. The molecule has 0 aromatic heterocycles. The van der Waals surface area contributed by atoms with Gasteiger partial charge in [0.25, 0.3) is 0 Å². The van der Waals surface area contributed by atoms with Crippen molar-refractivity contribution in [1.29, 1.82) is 0 Å². The zero-order valence-corrected chi connectivity index (χ0v) is 11.9. The van der Waals surface area contributed by atoms with Crippen molar-refractivity contribution in [3.8, 4) is 0 Å². The van der Waals surface area contributed by atoms with E-state index in [1.807, 2.05) is 6.07 Å². The van der Waals surface area contributed by atoms with E-state index >= 15 is 0 Å². The van der Waals surface area contributed by atoms with Crippen LogP contribution >= 0.6 is 15.9 Å². The van der Waals surface area contributed by atoms with Gasteiger partial charge in [-0.25, -0.2) is 4.39 Å². The molecule has 1 saturated heterocycles. The largest absolute Gasteiger partial charge is 0.314 e. The number of nitrogens with zero attached hydrogens (tertiary/aromatic N) is 1. The van der Waals surface area contributed by atoms with E-state index in [4.69, 9.17) is 0 Å². The van der Waals surface area contributed by atoms with Gasteiger partial charge in [-0.15, -0.1) is 0 Å². The molecule has 1 aromatic carbocycles. The molecule has 1 aliphatic heterocycles. The zero-order chi connectivity index (χ0) is 12.5. The standard InChI is InChI=1S/C14H18BrFN2/c15-12-5-10(6-13(16)7-12)9-18-4-3-17-8-14(18)11-1-2-11/h5-7,11,14,17H,1-4,8-9H2. The molecule has 2 aliphatic rings. The summed E-state index contributed by atoms with van der Waals surface area (Å²) < 4.78 is 14.2. The highest BCUT2D eigenvalue weighted by molar-refractivity contribution is 9.10. The minimum absolute atomic E-state index is 0.155. The summed E-state index contributed by atoms with van der Waals surface area (Å²) in [5.41, 5.74) is 1.06. The fourth-order valence-electron chi connectivity index (χ4n) is 2.85. The van der Waals surface area contributed by atoms with Crippen molar-refractivity contribution < 1.29 is 4.39 Å². The second-order valence-corrected chi connectivity index (χ2v) is 6.27. The Morgan fingerprint density at radius 2 is 2.17 bits per heavy atom.